The Morgan fingerprint density at radius 2 is 1.94 bits per heavy atom. The Bertz CT molecular complexity index is 476. The van der Waals surface area contributed by atoms with Gasteiger partial charge in [0.15, 0.2) is 0 Å². The topological polar surface area (TPSA) is 46.3 Å². The zero-order valence-corrected chi connectivity index (χ0v) is 8.28. The van der Waals surface area contributed by atoms with Crippen molar-refractivity contribution in [1.82, 2.24) is 5.16 Å². The summed E-state index contributed by atoms with van der Waals surface area (Å²) in [5.41, 5.74) is -0.116. The normalized spacial score (nSPS) is 10.7. The second kappa shape index (κ2) is 4.40. The van der Waals surface area contributed by atoms with E-state index in [4.69, 9.17) is 9.63 Å². The highest BCUT2D eigenvalue weighted by molar-refractivity contribution is 5.60. The first-order chi connectivity index (χ1) is 7.72. The molecule has 0 unspecified atom stereocenters. The van der Waals surface area contributed by atoms with Crippen LogP contribution >= 0.6 is 0 Å². The Balaban J connectivity index is 2.42. The minimum atomic E-state index is -0.691. The van der Waals surface area contributed by atoms with Crippen LogP contribution in [0.2, 0.25) is 0 Å². The number of hydrogen-bond acceptors (Lipinski definition) is 3. The van der Waals surface area contributed by atoms with E-state index in [0.29, 0.717) is 5.76 Å². The van der Waals surface area contributed by atoms with Crippen LogP contribution in [0.4, 0.5) is 8.78 Å². The van der Waals surface area contributed by atoms with Crippen LogP contribution in [0.1, 0.15) is 5.76 Å². The van der Waals surface area contributed by atoms with E-state index in [-0.39, 0.29) is 24.3 Å². The van der Waals surface area contributed by atoms with E-state index in [1.165, 1.54) is 12.1 Å². The quantitative estimate of drug-likeness (QED) is 0.870. The van der Waals surface area contributed by atoms with Crippen LogP contribution in [0.15, 0.2) is 28.8 Å². The van der Waals surface area contributed by atoms with Crippen molar-refractivity contribution in [2.24, 2.45) is 0 Å². The predicted molar refractivity (Wildman–Crippen MR) is 52.6 cm³/mol. The van der Waals surface area contributed by atoms with Crippen LogP contribution in [0, 0.1) is 11.6 Å². The minimum Gasteiger partial charge on any atom is -0.396 e. The van der Waals surface area contributed by atoms with Gasteiger partial charge in [0, 0.05) is 12.5 Å². The summed E-state index contributed by atoms with van der Waals surface area (Å²) >= 11 is 0. The summed E-state index contributed by atoms with van der Waals surface area (Å²) in [4.78, 5) is 0. The van der Waals surface area contributed by atoms with Crippen molar-refractivity contribution in [1.29, 1.82) is 0 Å². The molecule has 0 atom stereocenters. The van der Waals surface area contributed by atoms with E-state index < -0.39 is 11.6 Å². The van der Waals surface area contributed by atoms with Gasteiger partial charge in [-0.15, -0.1) is 0 Å². The maximum absolute atomic E-state index is 13.4. The molecule has 1 N–H and O–H groups in total. The molecular formula is C11H9F2NO2. The molecule has 16 heavy (non-hydrogen) atoms. The summed E-state index contributed by atoms with van der Waals surface area (Å²) in [7, 11) is 0. The number of nitrogens with zero attached hydrogens (tertiary/aromatic N) is 1. The molecule has 0 spiro atoms. The Kier molecular flexibility index (Phi) is 2.96. The maximum Gasteiger partial charge on any atom is 0.139 e. The van der Waals surface area contributed by atoms with Crippen LogP contribution in [-0.4, -0.2) is 16.9 Å². The molecule has 84 valence electrons. The third kappa shape index (κ3) is 1.94. The van der Waals surface area contributed by atoms with E-state index in [9.17, 15) is 8.78 Å². The van der Waals surface area contributed by atoms with Gasteiger partial charge in [0.1, 0.15) is 23.1 Å². The maximum atomic E-state index is 13.4. The minimum absolute atomic E-state index is 0.0963. The second-order valence-corrected chi connectivity index (χ2v) is 3.25. The molecule has 2 aromatic rings. The summed E-state index contributed by atoms with van der Waals surface area (Å²) in [5, 5.41) is 12.2. The van der Waals surface area contributed by atoms with Gasteiger partial charge in [0.05, 0.1) is 12.2 Å². The molecule has 0 aliphatic heterocycles. The van der Waals surface area contributed by atoms with Crippen molar-refractivity contribution in [3.63, 3.8) is 0 Å². The van der Waals surface area contributed by atoms with E-state index in [1.54, 1.807) is 0 Å². The van der Waals surface area contributed by atoms with Crippen LogP contribution in [0.5, 0.6) is 0 Å². The number of benzene rings is 1. The Morgan fingerprint density at radius 1 is 1.25 bits per heavy atom. The highest BCUT2D eigenvalue weighted by atomic mass is 19.1. The molecule has 0 aliphatic carbocycles. The fourth-order valence-electron chi connectivity index (χ4n) is 1.40. The molecule has 5 heteroatoms. The molecule has 0 saturated carbocycles. The summed E-state index contributed by atoms with van der Waals surface area (Å²) in [6, 6.07) is 5.00. The van der Waals surface area contributed by atoms with Crippen molar-refractivity contribution >= 4 is 0 Å². The SMILES string of the molecule is OCCc1cc(-c2c(F)cccc2F)no1. The van der Waals surface area contributed by atoms with Gasteiger partial charge in [-0.2, -0.15) is 0 Å². The van der Waals surface area contributed by atoms with Crippen LogP contribution < -0.4 is 0 Å². The highest BCUT2D eigenvalue weighted by Gasteiger charge is 2.15. The summed E-state index contributed by atoms with van der Waals surface area (Å²) < 4.78 is 31.5. The van der Waals surface area contributed by atoms with Crippen LogP contribution in [0.3, 0.4) is 0 Å². The lowest BCUT2D eigenvalue weighted by Gasteiger charge is -1.98. The van der Waals surface area contributed by atoms with Gasteiger partial charge in [-0.3, -0.25) is 0 Å². The van der Waals surface area contributed by atoms with E-state index >= 15 is 0 Å². The Labute approximate surface area is 90.3 Å². The largest absolute Gasteiger partial charge is 0.396 e. The number of rotatable bonds is 3. The lowest BCUT2D eigenvalue weighted by Crippen LogP contribution is -1.89. The zero-order valence-electron chi connectivity index (χ0n) is 8.28. The lowest BCUT2D eigenvalue weighted by atomic mass is 10.1. The van der Waals surface area contributed by atoms with Crippen LogP contribution in [0.25, 0.3) is 11.3 Å². The fraction of sp³-hybridized carbons (Fsp3) is 0.182. The summed E-state index contributed by atoms with van der Waals surface area (Å²) in [5.74, 6) is -0.993. The Hall–Kier alpha value is -1.75. The monoisotopic (exact) mass is 225 g/mol. The number of halogens is 2. The first-order valence-corrected chi connectivity index (χ1v) is 4.73. The van der Waals surface area contributed by atoms with Gasteiger partial charge < -0.3 is 9.63 Å². The van der Waals surface area contributed by atoms with Crippen LogP contribution in [-0.2, 0) is 6.42 Å². The molecule has 1 aromatic carbocycles. The van der Waals surface area contributed by atoms with Gasteiger partial charge in [-0.05, 0) is 12.1 Å². The van der Waals surface area contributed by atoms with Gasteiger partial charge in [-0.1, -0.05) is 11.2 Å². The molecule has 0 fully saturated rings. The molecule has 1 heterocycles. The smallest absolute Gasteiger partial charge is 0.139 e. The van der Waals surface area contributed by atoms with E-state index in [0.717, 1.165) is 12.1 Å². The molecule has 0 saturated heterocycles. The first-order valence-electron chi connectivity index (χ1n) is 4.73. The Morgan fingerprint density at radius 3 is 2.56 bits per heavy atom. The van der Waals surface area contributed by atoms with Crippen molar-refractivity contribution in [3.05, 3.63) is 41.7 Å². The fourth-order valence-corrected chi connectivity index (χ4v) is 1.40. The van der Waals surface area contributed by atoms with Gasteiger partial charge >= 0.3 is 0 Å². The molecule has 0 bridgehead atoms. The molecule has 3 nitrogen and oxygen atoms in total. The summed E-state index contributed by atoms with van der Waals surface area (Å²) in [6.07, 6.45) is 0.267. The molecule has 0 amide bonds. The van der Waals surface area contributed by atoms with Crippen molar-refractivity contribution in [2.45, 2.75) is 6.42 Å². The van der Waals surface area contributed by atoms with Gasteiger partial charge in [0.25, 0.3) is 0 Å². The molecule has 1 aromatic heterocycles. The number of aromatic nitrogens is 1. The van der Waals surface area contributed by atoms with Crippen molar-refractivity contribution < 1.29 is 18.4 Å². The molecule has 0 aliphatic rings. The molecule has 2 rings (SSSR count). The van der Waals surface area contributed by atoms with E-state index in [2.05, 4.69) is 5.16 Å². The molecule has 0 radical (unpaired) electrons. The van der Waals surface area contributed by atoms with Gasteiger partial charge in [0.2, 0.25) is 0 Å². The average molecular weight is 225 g/mol. The molecular weight excluding hydrogens is 216 g/mol. The predicted octanol–water partition coefficient (Wildman–Crippen LogP) is 2.15. The van der Waals surface area contributed by atoms with Gasteiger partial charge in [-0.25, -0.2) is 8.78 Å². The first kappa shape index (κ1) is 10.8. The van der Waals surface area contributed by atoms with E-state index in [1.807, 2.05) is 0 Å². The second-order valence-electron chi connectivity index (χ2n) is 3.25. The average Bonchev–Trinajstić information content (AvgIpc) is 2.67. The van der Waals surface area contributed by atoms with Crippen molar-refractivity contribution in [3.8, 4) is 11.3 Å². The summed E-state index contributed by atoms with van der Waals surface area (Å²) in [6.45, 7) is -0.103. The highest BCUT2D eigenvalue weighted by Crippen LogP contribution is 2.25. The third-order valence-electron chi connectivity index (χ3n) is 2.14. The number of hydrogen-bond donors (Lipinski definition) is 1. The lowest BCUT2D eigenvalue weighted by molar-refractivity contribution is 0.277. The standard InChI is InChI=1S/C11H9F2NO2/c12-8-2-1-3-9(13)11(8)10-6-7(4-5-15)16-14-10/h1-3,6,15H,4-5H2. The van der Waals surface area contributed by atoms with Crippen molar-refractivity contribution in [2.75, 3.05) is 6.61 Å². The number of aliphatic hydroxyl groups excluding tert-OH is 1. The number of aliphatic hydroxyl groups is 1. The third-order valence-corrected chi connectivity index (χ3v) is 2.14. The zero-order chi connectivity index (χ0) is 11.5.